The molecule has 35 heavy (non-hydrogen) atoms. The number of nitrogens with zero attached hydrogens (tertiary/aromatic N) is 4. The lowest BCUT2D eigenvalue weighted by Gasteiger charge is -2.15. The molecule has 0 fully saturated rings. The molecule has 0 unspecified atom stereocenters. The summed E-state index contributed by atoms with van der Waals surface area (Å²) in [6.07, 6.45) is 1.28. The third kappa shape index (κ3) is 4.94. The van der Waals surface area contributed by atoms with Crippen molar-refractivity contribution in [1.29, 1.82) is 0 Å². The van der Waals surface area contributed by atoms with E-state index < -0.39 is 50.5 Å². The number of hydrogen-bond donors (Lipinski definition) is 2. The molecule has 0 atom stereocenters. The van der Waals surface area contributed by atoms with E-state index in [0.717, 1.165) is 24.3 Å². The second-order valence-corrected chi connectivity index (χ2v) is 9.69. The van der Waals surface area contributed by atoms with Crippen LogP contribution >= 0.6 is 0 Å². The summed E-state index contributed by atoms with van der Waals surface area (Å²) in [4.78, 5) is 25.2. The van der Waals surface area contributed by atoms with Gasteiger partial charge in [-0.1, -0.05) is 12.1 Å². The van der Waals surface area contributed by atoms with Gasteiger partial charge in [-0.25, -0.2) is 31.6 Å². The van der Waals surface area contributed by atoms with Crippen molar-refractivity contribution in [2.24, 2.45) is 0 Å². The van der Waals surface area contributed by atoms with Gasteiger partial charge in [-0.05, 0) is 43.7 Å². The molecule has 2 aromatic heterocycles. The number of nitrogens with one attached hydrogen (secondary N) is 1. The van der Waals surface area contributed by atoms with Gasteiger partial charge in [0, 0.05) is 11.6 Å². The molecule has 0 amide bonds. The molecule has 4 rings (SSSR count). The average Bonchev–Trinajstić information content (AvgIpc) is 2.77. The SMILES string of the molecule is CC(C)n1c(=O)c(-c2cc(F)c(NS(=O)(=O)Cc3ccc(F)cc3)c(F)c2)nc2cnc(N)nc21. The van der Waals surface area contributed by atoms with Gasteiger partial charge in [0.1, 0.15) is 22.7 Å². The Labute approximate surface area is 197 Å². The molecule has 0 aliphatic rings. The van der Waals surface area contributed by atoms with Crippen LogP contribution in [0.1, 0.15) is 25.5 Å². The summed E-state index contributed by atoms with van der Waals surface area (Å²) < 4.78 is 70.8. The molecule has 0 radical (unpaired) electrons. The van der Waals surface area contributed by atoms with Crippen LogP contribution < -0.4 is 16.0 Å². The zero-order valence-electron chi connectivity index (χ0n) is 18.5. The van der Waals surface area contributed by atoms with Crippen molar-refractivity contribution in [3.8, 4) is 11.3 Å². The van der Waals surface area contributed by atoms with Gasteiger partial charge in [0.25, 0.3) is 5.56 Å². The molecule has 0 bridgehead atoms. The van der Waals surface area contributed by atoms with E-state index in [2.05, 4.69) is 15.0 Å². The molecule has 4 aromatic rings. The fraction of sp³-hybridized carbons (Fsp3) is 0.182. The van der Waals surface area contributed by atoms with Crippen molar-refractivity contribution < 1.29 is 21.6 Å². The Balaban J connectivity index is 1.75. The topological polar surface area (TPSA) is 133 Å². The lowest BCUT2D eigenvalue weighted by molar-refractivity contribution is 0.582. The highest BCUT2D eigenvalue weighted by molar-refractivity contribution is 7.91. The van der Waals surface area contributed by atoms with Gasteiger partial charge in [0.15, 0.2) is 17.3 Å². The number of aromatic nitrogens is 4. The summed E-state index contributed by atoms with van der Waals surface area (Å²) in [5, 5.41) is 0. The van der Waals surface area contributed by atoms with Gasteiger partial charge >= 0.3 is 0 Å². The maximum Gasteiger partial charge on any atom is 0.278 e. The van der Waals surface area contributed by atoms with Crippen molar-refractivity contribution in [3.05, 3.63) is 76.0 Å². The van der Waals surface area contributed by atoms with E-state index in [1.165, 1.54) is 22.9 Å². The molecule has 2 aromatic carbocycles. The lowest BCUT2D eigenvalue weighted by atomic mass is 10.1. The van der Waals surface area contributed by atoms with Crippen LogP contribution in [0.25, 0.3) is 22.4 Å². The number of nitrogen functional groups attached to an aromatic ring is 1. The number of nitrogens with two attached hydrogens (primary N) is 1. The minimum Gasteiger partial charge on any atom is -0.368 e. The number of benzene rings is 2. The van der Waals surface area contributed by atoms with Crippen LogP contribution in [0, 0.1) is 17.5 Å². The number of rotatable bonds is 6. The van der Waals surface area contributed by atoms with Gasteiger partial charge < -0.3 is 5.73 Å². The van der Waals surface area contributed by atoms with Crippen LogP contribution in [0.4, 0.5) is 24.8 Å². The standard InChI is InChI=1S/C22H19F3N6O3S/c1-11(2)31-20-17(9-27-22(26)29-20)28-18(21(31)32)13-7-15(24)19(16(25)8-13)30-35(33,34)10-12-3-5-14(23)6-4-12/h3-9,11,30H,10H2,1-2H3,(H2,26,27,29). The Morgan fingerprint density at radius 1 is 1.06 bits per heavy atom. The second kappa shape index (κ2) is 8.98. The molecule has 0 aliphatic heterocycles. The lowest BCUT2D eigenvalue weighted by Crippen LogP contribution is -2.26. The number of anilines is 2. The highest BCUT2D eigenvalue weighted by Gasteiger charge is 2.22. The normalized spacial score (nSPS) is 11.8. The van der Waals surface area contributed by atoms with Crippen molar-refractivity contribution >= 4 is 32.8 Å². The van der Waals surface area contributed by atoms with Crippen molar-refractivity contribution in [1.82, 2.24) is 19.5 Å². The second-order valence-electron chi connectivity index (χ2n) is 7.97. The van der Waals surface area contributed by atoms with Crippen LogP contribution in [0.2, 0.25) is 0 Å². The highest BCUT2D eigenvalue weighted by Crippen LogP contribution is 2.28. The van der Waals surface area contributed by atoms with E-state index in [-0.39, 0.29) is 33.9 Å². The fourth-order valence-electron chi connectivity index (χ4n) is 3.48. The number of hydrogen-bond acceptors (Lipinski definition) is 7. The Kier molecular flexibility index (Phi) is 6.19. The molecule has 0 saturated carbocycles. The summed E-state index contributed by atoms with van der Waals surface area (Å²) in [5.41, 5.74) is 4.09. The van der Waals surface area contributed by atoms with E-state index >= 15 is 0 Å². The molecule has 0 spiro atoms. The minimum atomic E-state index is -4.24. The fourth-order valence-corrected chi connectivity index (χ4v) is 4.69. The van der Waals surface area contributed by atoms with E-state index in [1.54, 1.807) is 13.8 Å². The summed E-state index contributed by atoms with van der Waals surface area (Å²) in [6, 6.07) is 5.84. The predicted octanol–water partition coefficient (Wildman–Crippen LogP) is 3.38. The maximum atomic E-state index is 14.9. The van der Waals surface area contributed by atoms with Crippen molar-refractivity contribution in [2.75, 3.05) is 10.5 Å². The molecule has 182 valence electrons. The molecule has 0 aliphatic carbocycles. The Bertz CT molecular complexity index is 1580. The van der Waals surface area contributed by atoms with Gasteiger partial charge in [0.05, 0.1) is 11.9 Å². The summed E-state index contributed by atoms with van der Waals surface area (Å²) in [5.74, 6) is -3.78. The minimum absolute atomic E-state index is 0.0739. The first-order valence-electron chi connectivity index (χ1n) is 10.2. The third-order valence-electron chi connectivity index (χ3n) is 5.01. The van der Waals surface area contributed by atoms with Crippen LogP contribution in [0.3, 0.4) is 0 Å². The largest absolute Gasteiger partial charge is 0.368 e. The summed E-state index contributed by atoms with van der Waals surface area (Å²) in [7, 11) is -4.24. The van der Waals surface area contributed by atoms with Crippen LogP contribution in [-0.2, 0) is 15.8 Å². The zero-order valence-corrected chi connectivity index (χ0v) is 19.3. The molecule has 3 N–H and O–H groups in total. The van der Waals surface area contributed by atoms with Crippen molar-refractivity contribution in [2.45, 2.75) is 25.6 Å². The Morgan fingerprint density at radius 3 is 2.29 bits per heavy atom. The van der Waals surface area contributed by atoms with Crippen LogP contribution in [-0.4, -0.2) is 27.9 Å². The molecule has 2 heterocycles. The van der Waals surface area contributed by atoms with Crippen LogP contribution in [0.15, 0.2) is 47.4 Å². The molecule has 13 heteroatoms. The van der Waals surface area contributed by atoms with Gasteiger partial charge in [0.2, 0.25) is 16.0 Å². The van der Waals surface area contributed by atoms with Crippen LogP contribution in [0.5, 0.6) is 0 Å². The first-order chi connectivity index (χ1) is 16.4. The Morgan fingerprint density at radius 2 is 1.69 bits per heavy atom. The Hall–Kier alpha value is -4.00. The summed E-state index contributed by atoms with van der Waals surface area (Å²) >= 11 is 0. The van der Waals surface area contributed by atoms with Gasteiger partial charge in [-0.15, -0.1) is 0 Å². The van der Waals surface area contributed by atoms with Crippen molar-refractivity contribution in [3.63, 3.8) is 0 Å². The van der Waals surface area contributed by atoms with E-state index in [1.807, 2.05) is 4.72 Å². The third-order valence-corrected chi connectivity index (χ3v) is 6.24. The quantitative estimate of drug-likeness (QED) is 0.411. The predicted molar refractivity (Wildman–Crippen MR) is 124 cm³/mol. The smallest absolute Gasteiger partial charge is 0.278 e. The summed E-state index contributed by atoms with van der Waals surface area (Å²) in [6.45, 7) is 3.42. The maximum absolute atomic E-state index is 14.9. The zero-order chi connectivity index (χ0) is 25.5. The molecular formula is C22H19F3N6O3S. The first-order valence-corrected chi connectivity index (χ1v) is 11.9. The number of halogens is 3. The molecule has 0 saturated heterocycles. The van der Waals surface area contributed by atoms with E-state index in [9.17, 15) is 26.4 Å². The molecular weight excluding hydrogens is 485 g/mol. The number of sulfonamides is 1. The molecule has 9 nitrogen and oxygen atoms in total. The van der Waals surface area contributed by atoms with Gasteiger partial charge in [-0.3, -0.25) is 14.1 Å². The van der Waals surface area contributed by atoms with E-state index in [4.69, 9.17) is 5.73 Å². The first kappa shape index (κ1) is 24.1. The van der Waals surface area contributed by atoms with Gasteiger partial charge in [-0.2, -0.15) is 4.98 Å². The highest BCUT2D eigenvalue weighted by atomic mass is 32.2. The monoisotopic (exact) mass is 504 g/mol. The van der Waals surface area contributed by atoms with E-state index in [0.29, 0.717) is 0 Å². The average molecular weight is 504 g/mol. The number of fused-ring (bicyclic) bond motifs is 1.